The Morgan fingerprint density at radius 1 is 1.18 bits per heavy atom. The van der Waals surface area contributed by atoms with Crippen molar-refractivity contribution >= 4 is 5.91 Å². The molecule has 0 unspecified atom stereocenters. The summed E-state index contributed by atoms with van der Waals surface area (Å²) in [6, 6.07) is 6.99. The van der Waals surface area contributed by atoms with Gasteiger partial charge in [0.1, 0.15) is 0 Å². The number of aliphatic hydroxyl groups excluding tert-OH is 1. The second-order valence-electron chi connectivity index (χ2n) is 5.05. The maximum absolute atomic E-state index is 12.5. The zero-order chi connectivity index (χ0) is 15.9. The van der Waals surface area contributed by atoms with Crippen LogP contribution in [0.4, 0.5) is 13.2 Å². The van der Waals surface area contributed by atoms with Gasteiger partial charge in [0.25, 0.3) is 5.91 Å². The standard InChI is InChI=1S/C14H12F3N3O2/c15-14(16,17)12-5-6-20(18-12)10-3-1-9(2-4-10)13(22)19-7-11(21)8-19/h1-6,11,21H,7-8H2. The quantitative estimate of drug-likeness (QED) is 0.918. The molecule has 0 spiro atoms. The van der Waals surface area contributed by atoms with Gasteiger partial charge in [-0.3, -0.25) is 4.79 Å². The fraction of sp³-hybridized carbons (Fsp3) is 0.286. The molecule has 0 aliphatic carbocycles. The summed E-state index contributed by atoms with van der Waals surface area (Å²) in [7, 11) is 0. The maximum Gasteiger partial charge on any atom is 0.435 e. The Labute approximate surface area is 123 Å². The SMILES string of the molecule is O=C(c1ccc(-n2ccc(C(F)(F)F)n2)cc1)N1CC(O)C1. The number of alkyl halides is 3. The van der Waals surface area contributed by atoms with Crippen LogP contribution in [-0.4, -0.2) is 44.9 Å². The van der Waals surface area contributed by atoms with Crippen LogP contribution in [0, 0.1) is 0 Å². The van der Waals surface area contributed by atoms with Crippen molar-refractivity contribution in [2.75, 3.05) is 13.1 Å². The fourth-order valence-corrected chi connectivity index (χ4v) is 2.18. The average Bonchev–Trinajstić information content (AvgIpc) is 2.93. The summed E-state index contributed by atoms with van der Waals surface area (Å²) in [4.78, 5) is 13.5. The Balaban J connectivity index is 1.77. The van der Waals surface area contributed by atoms with E-state index >= 15 is 0 Å². The predicted molar refractivity (Wildman–Crippen MR) is 70.5 cm³/mol. The zero-order valence-corrected chi connectivity index (χ0v) is 11.3. The second kappa shape index (κ2) is 5.13. The van der Waals surface area contributed by atoms with Gasteiger partial charge >= 0.3 is 6.18 Å². The molecular formula is C14H12F3N3O2. The van der Waals surface area contributed by atoms with Gasteiger partial charge in [0.2, 0.25) is 0 Å². The van der Waals surface area contributed by atoms with Crippen LogP contribution in [0.2, 0.25) is 0 Å². The molecule has 1 aliphatic heterocycles. The molecule has 0 saturated carbocycles. The Bertz CT molecular complexity index is 688. The van der Waals surface area contributed by atoms with E-state index in [0.717, 1.165) is 10.7 Å². The maximum atomic E-state index is 12.5. The number of halogens is 3. The highest BCUT2D eigenvalue weighted by molar-refractivity contribution is 5.95. The predicted octanol–water partition coefficient (Wildman–Crippen LogP) is 1.71. The summed E-state index contributed by atoms with van der Waals surface area (Å²) in [6.45, 7) is 0.601. The second-order valence-corrected chi connectivity index (χ2v) is 5.05. The Hall–Kier alpha value is -2.35. The first-order chi connectivity index (χ1) is 10.3. The molecule has 22 heavy (non-hydrogen) atoms. The van der Waals surface area contributed by atoms with Gasteiger partial charge in [-0.1, -0.05) is 0 Å². The number of amides is 1. The lowest BCUT2D eigenvalue weighted by molar-refractivity contribution is -0.141. The van der Waals surface area contributed by atoms with Crippen molar-refractivity contribution < 1.29 is 23.1 Å². The Morgan fingerprint density at radius 2 is 1.82 bits per heavy atom. The smallest absolute Gasteiger partial charge is 0.389 e. The van der Waals surface area contributed by atoms with Gasteiger partial charge in [0, 0.05) is 24.8 Å². The lowest BCUT2D eigenvalue weighted by atomic mass is 10.1. The molecule has 1 aliphatic rings. The number of benzene rings is 1. The third-order valence-corrected chi connectivity index (χ3v) is 3.41. The summed E-state index contributed by atoms with van der Waals surface area (Å²) in [5.74, 6) is -0.215. The summed E-state index contributed by atoms with van der Waals surface area (Å²) in [5.41, 5.74) is -0.128. The zero-order valence-electron chi connectivity index (χ0n) is 11.3. The van der Waals surface area contributed by atoms with E-state index in [1.54, 1.807) is 0 Å². The van der Waals surface area contributed by atoms with Crippen LogP contribution in [0.3, 0.4) is 0 Å². The van der Waals surface area contributed by atoms with Crippen molar-refractivity contribution in [2.24, 2.45) is 0 Å². The number of rotatable bonds is 2. The molecule has 1 N–H and O–H groups in total. The van der Waals surface area contributed by atoms with E-state index in [1.165, 1.54) is 35.4 Å². The van der Waals surface area contributed by atoms with Gasteiger partial charge < -0.3 is 10.0 Å². The van der Waals surface area contributed by atoms with Crippen molar-refractivity contribution in [1.29, 1.82) is 0 Å². The van der Waals surface area contributed by atoms with Crippen LogP contribution in [0.1, 0.15) is 16.1 Å². The third-order valence-electron chi connectivity index (χ3n) is 3.41. The Kier molecular flexibility index (Phi) is 3.40. The van der Waals surface area contributed by atoms with E-state index in [0.29, 0.717) is 24.3 Å². The van der Waals surface area contributed by atoms with Gasteiger partial charge in [0.15, 0.2) is 5.69 Å². The van der Waals surface area contributed by atoms with Gasteiger partial charge in [-0.2, -0.15) is 18.3 Å². The summed E-state index contributed by atoms with van der Waals surface area (Å²) >= 11 is 0. The molecular weight excluding hydrogens is 299 g/mol. The number of carbonyl (C=O) groups excluding carboxylic acids is 1. The summed E-state index contributed by atoms with van der Waals surface area (Å²) < 4.78 is 38.6. The molecule has 0 bridgehead atoms. The molecule has 1 aromatic heterocycles. The van der Waals surface area contributed by atoms with Gasteiger partial charge in [-0.05, 0) is 30.3 Å². The number of nitrogens with zero attached hydrogens (tertiary/aromatic N) is 3. The normalized spacial score (nSPS) is 15.7. The number of aromatic nitrogens is 2. The molecule has 1 fully saturated rings. The summed E-state index contributed by atoms with van der Waals surface area (Å²) in [6.07, 6.45) is -3.75. The van der Waals surface area contributed by atoms with E-state index in [4.69, 9.17) is 0 Å². The first-order valence-electron chi connectivity index (χ1n) is 6.55. The van der Waals surface area contributed by atoms with Crippen molar-refractivity contribution in [1.82, 2.24) is 14.7 Å². The molecule has 3 rings (SSSR count). The van der Waals surface area contributed by atoms with Crippen molar-refractivity contribution in [3.05, 3.63) is 47.8 Å². The average molecular weight is 311 g/mol. The van der Waals surface area contributed by atoms with Gasteiger partial charge in [-0.15, -0.1) is 0 Å². The van der Waals surface area contributed by atoms with Crippen LogP contribution in [0.25, 0.3) is 5.69 Å². The number of hydrogen-bond donors (Lipinski definition) is 1. The molecule has 0 radical (unpaired) electrons. The number of β-amino-alcohol motifs (C(OH)–C–C–N with tert-alkyl or cyclic N) is 1. The van der Waals surface area contributed by atoms with E-state index in [2.05, 4.69) is 5.10 Å². The van der Waals surface area contributed by atoms with Gasteiger partial charge in [0.05, 0.1) is 11.8 Å². The molecule has 1 saturated heterocycles. The first kappa shape index (κ1) is 14.6. The van der Waals surface area contributed by atoms with Crippen LogP contribution in [0.5, 0.6) is 0 Å². The van der Waals surface area contributed by atoms with Crippen LogP contribution in [0.15, 0.2) is 36.5 Å². The van der Waals surface area contributed by atoms with E-state index in [9.17, 15) is 23.1 Å². The highest BCUT2D eigenvalue weighted by Crippen LogP contribution is 2.28. The number of likely N-dealkylation sites (tertiary alicyclic amines) is 1. The molecule has 0 atom stereocenters. The molecule has 5 nitrogen and oxygen atoms in total. The minimum Gasteiger partial charge on any atom is -0.389 e. The van der Waals surface area contributed by atoms with Crippen LogP contribution < -0.4 is 0 Å². The van der Waals surface area contributed by atoms with Gasteiger partial charge in [-0.25, -0.2) is 4.68 Å². The number of aliphatic hydroxyl groups is 1. The van der Waals surface area contributed by atoms with E-state index < -0.39 is 18.0 Å². The lowest BCUT2D eigenvalue weighted by Gasteiger charge is -2.35. The fourth-order valence-electron chi connectivity index (χ4n) is 2.18. The van der Waals surface area contributed by atoms with Crippen molar-refractivity contribution in [2.45, 2.75) is 12.3 Å². The van der Waals surface area contributed by atoms with Crippen LogP contribution >= 0.6 is 0 Å². The number of carbonyl (C=O) groups is 1. The van der Waals surface area contributed by atoms with E-state index in [1.807, 2.05) is 0 Å². The van der Waals surface area contributed by atoms with Crippen molar-refractivity contribution in [3.63, 3.8) is 0 Å². The molecule has 1 amide bonds. The molecule has 2 heterocycles. The highest BCUT2D eigenvalue weighted by Gasteiger charge is 2.33. The minimum absolute atomic E-state index is 0.215. The summed E-state index contributed by atoms with van der Waals surface area (Å²) in [5, 5.41) is 12.6. The Morgan fingerprint density at radius 3 is 2.32 bits per heavy atom. The van der Waals surface area contributed by atoms with E-state index in [-0.39, 0.29) is 5.91 Å². The third kappa shape index (κ3) is 2.69. The largest absolute Gasteiger partial charge is 0.435 e. The first-order valence-corrected chi connectivity index (χ1v) is 6.55. The monoisotopic (exact) mass is 311 g/mol. The minimum atomic E-state index is -4.49. The molecule has 2 aromatic rings. The lowest BCUT2D eigenvalue weighted by Crippen LogP contribution is -2.53. The topological polar surface area (TPSA) is 58.4 Å². The number of hydrogen-bond acceptors (Lipinski definition) is 3. The van der Waals surface area contributed by atoms with Crippen LogP contribution in [-0.2, 0) is 6.18 Å². The molecule has 8 heteroatoms. The molecule has 1 aromatic carbocycles. The molecule has 116 valence electrons. The van der Waals surface area contributed by atoms with Crippen molar-refractivity contribution in [3.8, 4) is 5.69 Å². The highest BCUT2D eigenvalue weighted by atomic mass is 19.4.